The lowest BCUT2D eigenvalue weighted by atomic mass is 9.88. The van der Waals surface area contributed by atoms with Crippen molar-refractivity contribution < 1.29 is 33.2 Å². The molecule has 18 aromatic carbocycles. The van der Waals surface area contributed by atoms with Gasteiger partial charge in [0.25, 0.3) is 37.5 Å². The Balaban J connectivity index is 0.000000143. The Kier molecular flexibility index (Phi) is 35.0. The molecule has 14 heteroatoms. The summed E-state index contributed by atoms with van der Waals surface area (Å²) in [7, 11) is 0. The Morgan fingerprint density at radius 3 is 0.893 bits per heavy atom. The maximum absolute atomic E-state index is 11.3. The predicted octanol–water partition coefficient (Wildman–Crippen LogP) is 31.7. The highest BCUT2D eigenvalue weighted by molar-refractivity contribution is 6.13. The summed E-state index contributed by atoms with van der Waals surface area (Å²) in [5.41, 5.74) is 28.9. The first-order valence-corrected chi connectivity index (χ1v) is 47.1. The molecule has 0 N–H and O–H groups in total. The minimum atomic E-state index is 0.506. The van der Waals surface area contributed by atoms with Crippen LogP contribution in [-0.2, 0) is 62.6 Å². The lowest BCUT2D eigenvalue weighted by Crippen LogP contribution is -1.98. The van der Waals surface area contributed by atoms with Gasteiger partial charge in [-0.3, -0.25) is 0 Å². The van der Waals surface area contributed by atoms with E-state index in [2.05, 4.69) is 228 Å². The first-order valence-electron chi connectivity index (χ1n) is 47.1. The first-order chi connectivity index (χ1) is 68.3. The van der Waals surface area contributed by atoms with Crippen molar-refractivity contribution in [1.82, 2.24) is 0 Å². The number of hydrogen-bond acceptors (Lipinski definition) is 14. The van der Waals surface area contributed by atoms with E-state index in [1.165, 1.54) is 66.2 Å². The largest absolute Gasteiger partial charge is 0.387 e. The van der Waals surface area contributed by atoms with Gasteiger partial charge in [-0.05, 0) is 289 Å². The molecular formula is C126H109N7O7. The van der Waals surface area contributed by atoms with Crippen LogP contribution in [0.5, 0.6) is 34.5 Å². The highest BCUT2D eigenvalue weighted by Gasteiger charge is 2.25. The second kappa shape index (κ2) is 49.0. The zero-order valence-corrected chi connectivity index (χ0v) is 81.1. The molecule has 0 saturated carbocycles. The highest BCUT2D eigenvalue weighted by Crippen LogP contribution is 2.49. The Hall–Kier alpha value is -17.6. The molecule has 0 heterocycles. The van der Waals surface area contributed by atoms with Crippen LogP contribution < -0.4 is 28.4 Å². The van der Waals surface area contributed by atoms with E-state index in [1.54, 1.807) is 18.6 Å². The molecule has 0 fully saturated rings. The first kappa shape index (κ1) is 99.8. The number of ether oxygens (including phenoxy) is 6. The summed E-state index contributed by atoms with van der Waals surface area (Å²) in [6, 6.07) is 114. The SMILES string of the molecule is CCc1cc(-c2ccccc2)cc(C)c1OC#N.CCc1cc(Cc2cc3ccccc3c(C)c2OC#N)cc(-c2ccccc2)c1.CCc1cc2ccccc2c(-c2c(N=C=O)c(C)cc3ccccc23)c1OC#N.CCc1cc2ccccc2c(C)c1OC#N.CCc1ccc(Cc2cc(-c3ccccc3)cc(C)c2OC#N)cc1.CCc1ccc(Cc2cc3ccccc3c(C)c2OC#N)cc1. The Morgan fingerprint density at radius 2 is 0.507 bits per heavy atom. The molecule has 0 bridgehead atoms. The molecule has 0 aliphatic heterocycles. The molecule has 690 valence electrons. The van der Waals surface area contributed by atoms with Crippen LogP contribution in [0.15, 0.2) is 339 Å². The minimum absolute atomic E-state index is 0.506. The lowest BCUT2D eigenvalue weighted by molar-refractivity contribution is 0.496. The second-order valence-corrected chi connectivity index (χ2v) is 34.1. The van der Waals surface area contributed by atoms with Crippen LogP contribution in [-0.4, -0.2) is 6.08 Å². The standard InChI is InChI=1S/C27H23NO.C25H18N2O2.C23H21NO.C21H19NO.C16H15NO.C14H13NO/c1-3-20-13-21(15-24(14-20)22-9-5-4-6-10-22)16-25-17-23-11-7-8-12-26(23)19(2)27(25)29-18-28;1-3-17-13-19-9-5-7-11-21(19)23(25(17)29-14-26)22-20-10-6-4-8-18(20)12-16(2)24(22)27-15-28;1-3-18-9-11-19(12-10-18)14-22-15-21(20-7-5-4-6-8-20)13-17(2)23(22)25-16-24;1-3-16-8-10-17(11-9-16)12-19-13-18-6-4-5-7-20(18)15(2)21(19)23-14-22;1-3-13-10-15(14-7-5-4-6-8-14)9-12(2)16(13)18-11-17;1-3-11-8-12-6-4-5-7-13(12)10(2)14(11)16-9-15/h4-15,17H,3,16H2,1-2H3;4-13H,3H2,1-2H3;4-13,15H,3,14H2,1-2H3;4-11,13H,3,12H2,1-2H3;4-10H,3H2,1-2H3;4-8H,3H2,1-2H3. The van der Waals surface area contributed by atoms with Gasteiger partial charge < -0.3 is 28.4 Å². The summed E-state index contributed by atoms with van der Waals surface area (Å²) in [5.74, 6) is 3.94. The molecule has 0 aliphatic rings. The Labute approximate surface area is 821 Å². The number of benzene rings is 18. The number of aliphatic imine (C=N–C) groups is 1. The van der Waals surface area contributed by atoms with Crippen molar-refractivity contribution in [3.63, 3.8) is 0 Å². The number of rotatable bonds is 23. The average molecular weight is 1830 g/mol. The van der Waals surface area contributed by atoms with E-state index in [1.807, 2.05) is 219 Å². The molecule has 14 nitrogen and oxygen atoms in total. The van der Waals surface area contributed by atoms with Gasteiger partial charge in [0, 0.05) is 63.8 Å². The van der Waals surface area contributed by atoms with Crippen LogP contribution in [0, 0.1) is 111 Å². The quantitative estimate of drug-likeness (QED) is 0.0330. The fourth-order valence-electron chi connectivity index (χ4n) is 18.2. The summed E-state index contributed by atoms with van der Waals surface area (Å²) in [4.78, 5) is 15.3. The zero-order valence-electron chi connectivity index (χ0n) is 81.1. The summed E-state index contributed by atoms with van der Waals surface area (Å²) in [5, 5.41) is 64.8. The smallest absolute Gasteiger partial charge is 0.292 e. The molecule has 0 aliphatic carbocycles. The van der Waals surface area contributed by atoms with Crippen LogP contribution in [0.1, 0.15) is 142 Å². The van der Waals surface area contributed by atoms with Crippen LogP contribution >= 0.6 is 0 Å². The monoisotopic (exact) mass is 1830 g/mol. The molecule has 0 spiro atoms. The van der Waals surface area contributed by atoms with Gasteiger partial charge in [-0.2, -0.15) is 4.99 Å². The van der Waals surface area contributed by atoms with Crippen molar-refractivity contribution in [2.24, 2.45) is 4.99 Å². The zero-order chi connectivity index (χ0) is 99.0. The number of fused-ring (bicyclic) bond motifs is 5. The van der Waals surface area contributed by atoms with Crippen LogP contribution in [0.2, 0.25) is 0 Å². The van der Waals surface area contributed by atoms with Gasteiger partial charge in [0.05, 0.1) is 5.69 Å². The molecule has 0 aromatic heterocycles. The number of hydrogen-bond donors (Lipinski definition) is 0. The normalized spacial score (nSPS) is 10.4. The summed E-state index contributed by atoms with van der Waals surface area (Å²) >= 11 is 0. The summed E-state index contributed by atoms with van der Waals surface area (Å²) < 4.78 is 31.6. The number of aryl methyl sites for hydroxylation is 12. The van der Waals surface area contributed by atoms with E-state index in [4.69, 9.17) is 49.5 Å². The van der Waals surface area contributed by atoms with Gasteiger partial charge in [0.15, 0.2) is 5.75 Å². The minimum Gasteiger partial charge on any atom is -0.387 e. The third-order valence-electron chi connectivity index (χ3n) is 25.2. The fourth-order valence-corrected chi connectivity index (χ4v) is 18.2. The van der Waals surface area contributed by atoms with E-state index >= 15 is 0 Å². The van der Waals surface area contributed by atoms with Crippen LogP contribution in [0.25, 0.3) is 98.4 Å². The molecular weight excluding hydrogens is 1720 g/mol. The molecule has 0 radical (unpaired) electrons. The summed E-state index contributed by atoms with van der Waals surface area (Å²) in [6.07, 6.45) is 20.3. The number of nitriles is 6. The Morgan fingerprint density at radius 1 is 0.229 bits per heavy atom. The number of carbonyl (C=O) groups excluding carboxylic acids is 1. The molecule has 0 amide bonds. The van der Waals surface area contributed by atoms with Gasteiger partial charge in [-0.1, -0.05) is 321 Å². The van der Waals surface area contributed by atoms with Gasteiger partial charge in [0.2, 0.25) is 6.08 Å². The van der Waals surface area contributed by atoms with Crippen molar-refractivity contribution in [1.29, 1.82) is 31.6 Å². The van der Waals surface area contributed by atoms with Crippen LogP contribution in [0.3, 0.4) is 0 Å². The number of isocyanates is 1. The maximum atomic E-state index is 11.3. The molecule has 0 unspecified atom stereocenters. The van der Waals surface area contributed by atoms with Crippen molar-refractivity contribution in [3.05, 3.63) is 434 Å². The topological polar surface area (TPSA) is 228 Å². The van der Waals surface area contributed by atoms with Gasteiger partial charge in [0.1, 0.15) is 28.7 Å². The third-order valence-corrected chi connectivity index (χ3v) is 25.2. The van der Waals surface area contributed by atoms with Crippen molar-refractivity contribution in [2.75, 3.05) is 0 Å². The number of nitrogens with zero attached hydrogens (tertiary/aromatic N) is 7. The van der Waals surface area contributed by atoms with Crippen molar-refractivity contribution in [3.8, 4) is 117 Å². The maximum Gasteiger partial charge on any atom is 0.292 e. The van der Waals surface area contributed by atoms with E-state index < -0.39 is 0 Å². The lowest BCUT2D eigenvalue weighted by Gasteiger charge is -2.19. The molecule has 140 heavy (non-hydrogen) atoms. The van der Waals surface area contributed by atoms with Crippen LogP contribution in [0.4, 0.5) is 5.69 Å². The van der Waals surface area contributed by atoms with E-state index in [9.17, 15) is 15.3 Å². The average Bonchev–Trinajstić information content (AvgIpc) is 0.737. The molecule has 0 atom stereocenters. The van der Waals surface area contributed by atoms with E-state index in [-0.39, 0.29) is 0 Å². The van der Waals surface area contributed by atoms with Crippen molar-refractivity contribution >= 4 is 65.6 Å². The van der Waals surface area contributed by atoms with E-state index in [0.717, 1.165) is 184 Å². The van der Waals surface area contributed by atoms with Gasteiger partial charge >= 0.3 is 0 Å². The molecule has 18 rings (SSSR count). The third kappa shape index (κ3) is 24.2. The highest BCUT2D eigenvalue weighted by atomic mass is 16.5. The van der Waals surface area contributed by atoms with Gasteiger partial charge in [-0.15, -0.1) is 31.6 Å². The van der Waals surface area contributed by atoms with E-state index in [0.29, 0.717) is 46.6 Å². The van der Waals surface area contributed by atoms with Crippen molar-refractivity contribution in [2.45, 2.75) is 141 Å². The second-order valence-electron chi connectivity index (χ2n) is 34.1. The predicted molar refractivity (Wildman–Crippen MR) is 566 cm³/mol. The fraction of sp³-hybridized carbons (Fsp3) is 0.167. The molecule has 0 saturated heterocycles. The molecule has 18 aromatic rings. The summed E-state index contributed by atoms with van der Waals surface area (Å²) in [6.45, 7) is 24.5. The van der Waals surface area contributed by atoms with Gasteiger partial charge in [-0.25, -0.2) is 4.79 Å². The Bertz CT molecular complexity index is 7800.